The Morgan fingerprint density at radius 1 is 1.00 bits per heavy atom. The Kier molecular flexibility index (Phi) is 6.05. The van der Waals surface area contributed by atoms with Gasteiger partial charge in [0, 0.05) is 13.1 Å². The van der Waals surface area contributed by atoms with Crippen molar-refractivity contribution in [3.05, 3.63) is 71.3 Å². The van der Waals surface area contributed by atoms with Gasteiger partial charge in [-0.25, -0.2) is 0 Å². The van der Waals surface area contributed by atoms with Crippen LogP contribution in [0.3, 0.4) is 0 Å². The van der Waals surface area contributed by atoms with E-state index in [1.807, 2.05) is 30.3 Å². The number of alkyl halides is 2. The second kappa shape index (κ2) is 8.73. The standard InChI is InChI=1S/C21H21F2N3O3S/c22-21(23)29-17-6-8-18(9-7-17)30(28)26-12-16(13-26)15-10-25(11-15)20(27)19(24)14-4-2-1-3-5-14/h1-9,19,21H,10-13,24H2. The maximum atomic E-state index is 12.6. The van der Waals surface area contributed by atoms with Gasteiger partial charge in [0.1, 0.15) is 11.8 Å². The van der Waals surface area contributed by atoms with E-state index in [9.17, 15) is 18.1 Å². The molecule has 2 unspecified atom stereocenters. The van der Waals surface area contributed by atoms with E-state index in [1.54, 1.807) is 9.21 Å². The van der Waals surface area contributed by atoms with Crippen molar-refractivity contribution in [1.29, 1.82) is 0 Å². The highest BCUT2D eigenvalue weighted by Gasteiger charge is 2.38. The molecule has 30 heavy (non-hydrogen) atoms. The Balaban J connectivity index is 1.28. The maximum Gasteiger partial charge on any atom is 0.387 e. The number of carbonyl (C=O) groups excluding carboxylic acids is 1. The second-order valence-corrected chi connectivity index (χ2v) is 8.67. The molecule has 0 saturated carbocycles. The molecule has 2 saturated heterocycles. The van der Waals surface area contributed by atoms with Crippen LogP contribution < -0.4 is 10.5 Å². The minimum atomic E-state index is -2.89. The van der Waals surface area contributed by atoms with E-state index >= 15 is 0 Å². The van der Waals surface area contributed by atoms with Gasteiger partial charge in [0.25, 0.3) is 0 Å². The molecule has 0 bridgehead atoms. The van der Waals surface area contributed by atoms with E-state index < -0.39 is 24.0 Å². The van der Waals surface area contributed by atoms with Crippen molar-refractivity contribution in [3.63, 3.8) is 0 Å². The number of nitrogens with two attached hydrogens (primary N) is 1. The average Bonchev–Trinajstić information content (AvgIpc) is 2.68. The minimum absolute atomic E-state index is 0.0325. The zero-order valence-corrected chi connectivity index (χ0v) is 16.9. The molecule has 2 aliphatic heterocycles. The van der Waals surface area contributed by atoms with Crippen molar-refractivity contribution in [2.45, 2.75) is 17.5 Å². The fourth-order valence-corrected chi connectivity index (χ4v) is 4.61. The van der Waals surface area contributed by atoms with Crippen molar-refractivity contribution >= 4 is 17.3 Å². The highest BCUT2D eigenvalue weighted by Crippen LogP contribution is 2.31. The van der Waals surface area contributed by atoms with Crippen LogP contribution in [0.2, 0.25) is 0 Å². The fourth-order valence-electron chi connectivity index (χ4n) is 3.40. The summed E-state index contributed by atoms with van der Waals surface area (Å²) in [6, 6.07) is 14.4. The summed E-state index contributed by atoms with van der Waals surface area (Å²) in [6.07, 6.45) is 0. The first kappa shape index (κ1) is 20.8. The largest absolute Gasteiger partial charge is 0.593 e. The van der Waals surface area contributed by atoms with E-state index in [4.69, 9.17) is 5.73 Å². The molecule has 4 rings (SSSR count). The molecular weight excluding hydrogens is 412 g/mol. The predicted molar refractivity (Wildman–Crippen MR) is 108 cm³/mol. The van der Waals surface area contributed by atoms with Crippen LogP contribution in [0.15, 0.2) is 70.6 Å². The van der Waals surface area contributed by atoms with E-state index in [0.29, 0.717) is 31.1 Å². The molecule has 2 aromatic carbocycles. The molecule has 0 spiro atoms. The smallest absolute Gasteiger partial charge is 0.387 e. The summed E-state index contributed by atoms with van der Waals surface area (Å²) < 4.78 is 43.1. The Hall–Kier alpha value is -2.46. The molecule has 9 heteroatoms. The maximum absolute atomic E-state index is 12.6. The number of hydrogen-bond donors (Lipinski definition) is 1. The minimum Gasteiger partial charge on any atom is -0.593 e. The van der Waals surface area contributed by atoms with Crippen LogP contribution in [0.1, 0.15) is 11.6 Å². The van der Waals surface area contributed by atoms with Crippen molar-refractivity contribution in [2.24, 2.45) is 5.73 Å². The van der Waals surface area contributed by atoms with Gasteiger partial charge >= 0.3 is 6.61 Å². The van der Waals surface area contributed by atoms with Gasteiger partial charge in [-0.15, -0.1) is 4.31 Å². The van der Waals surface area contributed by atoms with Gasteiger partial charge in [0.15, 0.2) is 4.90 Å². The van der Waals surface area contributed by atoms with Crippen molar-refractivity contribution < 1.29 is 22.9 Å². The molecule has 158 valence electrons. The molecule has 0 aliphatic carbocycles. The first-order valence-corrected chi connectivity index (χ1v) is 10.5. The number of rotatable bonds is 6. The van der Waals surface area contributed by atoms with Gasteiger partial charge < -0.3 is 19.9 Å². The number of ether oxygens (including phenoxy) is 1. The van der Waals surface area contributed by atoms with Crippen molar-refractivity contribution in [2.75, 3.05) is 26.2 Å². The summed E-state index contributed by atoms with van der Waals surface area (Å²) in [6.45, 7) is -0.667. The van der Waals surface area contributed by atoms with Crippen LogP contribution in [0.4, 0.5) is 8.78 Å². The number of hydrogen-bond acceptors (Lipinski definition) is 5. The topological polar surface area (TPSA) is 81.9 Å². The van der Waals surface area contributed by atoms with Crippen molar-refractivity contribution in [3.8, 4) is 5.75 Å². The lowest BCUT2D eigenvalue weighted by Crippen LogP contribution is -2.53. The van der Waals surface area contributed by atoms with Crippen LogP contribution in [0.5, 0.6) is 5.75 Å². The van der Waals surface area contributed by atoms with Crippen LogP contribution in [-0.2, 0) is 16.2 Å². The second-order valence-electron chi connectivity index (χ2n) is 7.19. The third-order valence-corrected chi connectivity index (χ3v) is 6.62. The number of halogens is 2. The van der Waals surface area contributed by atoms with Crippen LogP contribution in [-0.4, -0.2) is 52.5 Å². The van der Waals surface area contributed by atoms with Crippen molar-refractivity contribution in [1.82, 2.24) is 9.21 Å². The molecule has 2 fully saturated rings. The van der Waals surface area contributed by atoms with Crippen LogP contribution in [0.25, 0.3) is 0 Å². The molecule has 0 radical (unpaired) electrons. The zero-order chi connectivity index (χ0) is 21.3. The summed E-state index contributed by atoms with van der Waals surface area (Å²) in [4.78, 5) is 14.8. The van der Waals surface area contributed by atoms with Gasteiger partial charge in [-0.3, -0.25) is 4.79 Å². The Morgan fingerprint density at radius 3 is 2.20 bits per heavy atom. The predicted octanol–water partition coefficient (Wildman–Crippen LogP) is 2.46. The molecular formula is C21H21F2N3O3S. The molecule has 2 aliphatic rings. The lowest BCUT2D eigenvalue weighted by atomic mass is 9.95. The first-order chi connectivity index (χ1) is 14.4. The van der Waals surface area contributed by atoms with Crippen LogP contribution >= 0.6 is 0 Å². The lowest BCUT2D eigenvalue weighted by Gasteiger charge is -2.42. The van der Waals surface area contributed by atoms with Crippen LogP contribution in [0, 0.1) is 0 Å². The monoisotopic (exact) mass is 433 g/mol. The van der Waals surface area contributed by atoms with E-state index in [1.165, 1.54) is 35.4 Å². The Morgan fingerprint density at radius 2 is 1.60 bits per heavy atom. The highest BCUT2D eigenvalue weighted by atomic mass is 32.2. The summed E-state index contributed by atoms with van der Waals surface area (Å²) in [5, 5.41) is 0. The third kappa shape index (κ3) is 4.34. The zero-order valence-electron chi connectivity index (χ0n) is 16.0. The van der Waals surface area contributed by atoms with E-state index in [0.717, 1.165) is 5.56 Å². The molecule has 2 N–H and O–H groups in total. The van der Waals surface area contributed by atoms with Gasteiger partial charge in [-0.2, -0.15) is 8.78 Å². The summed E-state index contributed by atoms with van der Waals surface area (Å²) >= 11 is -1.37. The molecule has 2 aromatic rings. The first-order valence-electron chi connectivity index (χ1n) is 9.43. The third-order valence-electron chi connectivity index (χ3n) is 5.22. The van der Waals surface area contributed by atoms with Gasteiger partial charge in [0.05, 0.1) is 24.5 Å². The quantitative estimate of drug-likeness (QED) is 0.559. The molecule has 2 heterocycles. The summed E-state index contributed by atoms with van der Waals surface area (Å²) in [5.74, 6) is -0.0680. The van der Waals surface area contributed by atoms with Gasteiger partial charge in [-0.1, -0.05) is 30.3 Å². The lowest BCUT2D eigenvalue weighted by molar-refractivity contribution is -0.134. The van der Waals surface area contributed by atoms with Gasteiger partial charge in [-0.05, 0) is 41.0 Å². The number of nitrogens with zero attached hydrogens (tertiary/aromatic N) is 2. The number of amides is 1. The van der Waals surface area contributed by atoms with Gasteiger partial charge in [0.2, 0.25) is 5.91 Å². The van der Waals surface area contributed by atoms with E-state index in [2.05, 4.69) is 4.74 Å². The SMILES string of the molecule is NC(C(=O)N1CC(=C2CN([S+]([O-])c3ccc(OC(F)F)cc3)C2)C1)c1ccccc1. The van der Waals surface area contributed by atoms with E-state index in [-0.39, 0.29) is 11.7 Å². The number of benzene rings is 2. The fraction of sp³-hybridized carbons (Fsp3) is 0.286. The Bertz CT molecular complexity index is 924. The normalized spacial score (nSPS) is 18.6. The summed E-state index contributed by atoms with van der Waals surface area (Å²) in [5.41, 5.74) is 9.22. The molecule has 6 nitrogen and oxygen atoms in total. The Labute approximate surface area is 176 Å². The molecule has 1 amide bonds. The molecule has 0 aromatic heterocycles. The highest BCUT2D eigenvalue weighted by molar-refractivity contribution is 7.89. The number of carbonyl (C=O) groups is 1. The number of likely N-dealkylation sites (tertiary alicyclic amines) is 1. The average molecular weight is 433 g/mol. The summed E-state index contributed by atoms with van der Waals surface area (Å²) in [7, 11) is 0. The molecule has 2 atom stereocenters.